The molecule has 0 fully saturated rings. The second kappa shape index (κ2) is 6.48. The van der Waals surface area contributed by atoms with Gasteiger partial charge in [-0.25, -0.2) is 0 Å². The summed E-state index contributed by atoms with van der Waals surface area (Å²) in [5.41, 5.74) is 5.86. The van der Waals surface area contributed by atoms with Crippen molar-refractivity contribution in [2.45, 2.75) is 6.92 Å². The standard InChI is InChI=1S/C12H17N3O3/c1-3-18-10-6-4-9(5-7-10)12(16)15(2)8-11(13)14-17/h4-7,17H,3,8H2,1-2H3,(H2,13,14). The molecule has 6 heteroatoms. The highest BCUT2D eigenvalue weighted by Crippen LogP contribution is 2.13. The summed E-state index contributed by atoms with van der Waals surface area (Å²) >= 11 is 0. The Morgan fingerprint density at radius 1 is 1.44 bits per heavy atom. The summed E-state index contributed by atoms with van der Waals surface area (Å²) in [5.74, 6) is 0.495. The minimum absolute atomic E-state index is 0.0169. The Balaban J connectivity index is 2.71. The molecular weight excluding hydrogens is 234 g/mol. The third-order valence-corrected chi connectivity index (χ3v) is 2.29. The fourth-order valence-corrected chi connectivity index (χ4v) is 1.43. The highest BCUT2D eigenvalue weighted by Gasteiger charge is 2.12. The lowest BCUT2D eigenvalue weighted by Crippen LogP contribution is -2.35. The number of amidine groups is 1. The van der Waals surface area contributed by atoms with Crippen molar-refractivity contribution in [3.05, 3.63) is 29.8 Å². The predicted molar refractivity (Wildman–Crippen MR) is 68.0 cm³/mol. The van der Waals surface area contributed by atoms with Crippen LogP contribution >= 0.6 is 0 Å². The summed E-state index contributed by atoms with van der Waals surface area (Å²) in [5, 5.41) is 11.3. The Labute approximate surface area is 106 Å². The topological polar surface area (TPSA) is 88.2 Å². The molecule has 6 nitrogen and oxygen atoms in total. The number of hydrogen-bond acceptors (Lipinski definition) is 4. The van der Waals surface area contributed by atoms with Crippen LogP contribution in [0.1, 0.15) is 17.3 Å². The molecule has 0 aliphatic rings. The van der Waals surface area contributed by atoms with Crippen molar-refractivity contribution in [2.24, 2.45) is 10.9 Å². The van der Waals surface area contributed by atoms with Crippen LogP contribution in [-0.4, -0.2) is 42.0 Å². The predicted octanol–water partition coefficient (Wildman–Crippen LogP) is 0.904. The lowest BCUT2D eigenvalue weighted by atomic mass is 10.2. The number of rotatable bonds is 5. The van der Waals surface area contributed by atoms with Crippen LogP contribution in [0.2, 0.25) is 0 Å². The average Bonchev–Trinajstić information content (AvgIpc) is 2.39. The second-order valence-corrected chi connectivity index (χ2v) is 3.71. The molecule has 1 rings (SSSR count). The van der Waals surface area contributed by atoms with Gasteiger partial charge in [-0.05, 0) is 31.2 Å². The Bertz CT molecular complexity index is 429. The molecule has 3 N–H and O–H groups in total. The largest absolute Gasteiger partial charge is 0.494 e. The van der Waals surface area contributed by atoms with Crippen LogP contribution in [0.5, 0.6) is 5.75 Å². The van der Waals surface area contributed by atoms with E-state index >= 15 is 0 Å². The number of carbonyl (C=O) groups is 1. The molecule has 18 heavy (non-hydrogen) atoms. The molecule has 0 saturated heterocycles. The number of likely N-dealkylation sites (N-methyl/N-ethyl adjacent to an activating group) is 1. The van der Waals surface area contributed by atoms with Gasteiger partial charge in [0.25, 0.3) is 5.91 Å². The number of amides is 1. The van der Waals surface area contributed by atoms with Crippen molar-refractivity contribution >= 4 is 11.7 Å². The van der Waals surface area contributed by atoms with Crippen molar-refractivity contribution in [3.63, 3.8) is 0 Å². The first kappa shape index (κ1) is 13.8. The molecule has 98 valence electrons. The molecule has 0 bridgehead atoms. The fraction of sp³-hybridized carbons (Fsp3) is 0.333. The monoisotopic (exact) mass is 251 g/mol. The van der Waals surface area contributed by atoms with Crippen LogP contribution < -0.4 is 10.5 Å². The molecule has 1 aromatic rings. The van der Waals surface area contributed by atoms with Crippen molar-refractivity contribution < 1.29 is 14.7 Å². The summed E-state index contributed by atoms with van der Waals surface area (Å²) < 4.78 is 5.29. The van der Waals surface area contributed by atoms with Crippen LogP contribution in [0.3, 0.4) is 0 Å². The molecule has 0 heterocycles. The average molecular weight is 251 g/mol. The summed E-state index contributed by atoms with van der Waals surface area (Å²) in [7, 11) is 1.58. The lowest BCUT2D eigenvalue weighted by Gasteiger charge is -2.16. The summed E-state index contributed by atoms with van der Waals surface area (Å²) in [4.78, 5) is 13.3. The maximum Gasteiger partial charge on any atom is 0.254 e. The quantitative estimate of drug-likeness (QED) is 0.352. The fourth-order valence-electron chi connectivity index (χ4n) is 1.43. The van der Waals surface area contributed by atoms with Crippen LogP contribution in [0.25, 0.3) is 0 Å². The molecule has 0 radical (unpaired) electrons. The molecule has 1 amide bonds. The summed E-state index contributed by atoms with van der Waals surface area (Å²) in [6.45, 7) is 2.54. The van der Waals surface area contributed by atoms with Gasteiger partial charge in [0.05, 0.1) is 13.2 Å². The van der Waals surface area contributed by atoms with Crippen molar-refractivity contribution in [2.75, 3.05) is 20.2 Å². The van der Waals surface area contributed by atoms with Gasteiger partial charge < -0.3 is 20.6 Å². The van der Waals surface area contributed by atoms with E-state index in [0.29, 0.717) is 17.9 Å². The molecule has 0 spiro atoms. The maximum absolute atomic E-state index is 12.0. The molecule has 0 atom stereocenters. The van der Waals surface area contributed by atoms with Gasteiger partial charge in [-0.3, -0.25) is 4.79 Å². The number of carbonyl (C=O) groups excluding carboxylic acids is 1. The SMILES string of the molecule is CCOc1ccc(C(=O)N(C)CC(N)=NO)cc1. The van der Waals surface area contributed by atoms with E-state index in [-0.39, 0.29) is 18.3 Å². The van der Waals surface area contributed by atoms with Crippen LogP contribution in [0.15, 0.2) is 29.4 Å². The van der Waals surface area contributed by atoms with Crippen molar-refractivity contribution in [1.82, 2.24) is 4.90 Å². The van der Waals surface area contributed by atoms with E-state index in [9.17, 15) is 4.79 Å². The van der Waals surface area contributed by atoms with E-state index in [1.807, 2.05) is 6.92 Å². The third kappa shape index (κ3) is 3.65. The number of ether oxygens (including phenoxy) is 1. The first-order valence-corrected chi connectivity index (χ1v) is 5.53. The zero-order chi connectivity index (χ0) is 13.5. The molecule has 0 unspecified atom stereocenters. The second-order valence-electron chi connectivity index (χ2n) is 3.71. The number of hydrogen-bond donors (Lipinski definition) is 2. The molecule has 1 aromatic carbocycles. The molecular formula is C12H17N3O3. The van der Waals surface area contributed by atoms with Crippen LogP contribution in [-0.2, 0) is 0 Å². The van der Waals surface area contributed by atoms with E-state index in [2.05, 4.69) is 5.16 Å². The molecule has 0 aliphatic heterocycles. The first-order valence-electron chi connectivity index (χ1n) is 5.53. The van der Waals surface area contributed by atoms with Crippen molar-refractivity contribution in [1.29, 1.82) is 0 Å². The van der Waals surface area contributed by atoms with Crippen LogP contribution in [0, 0.1) is 0 Å². The van der Waals surface area contributed by atoms with Gasteiger partial charge in [-0.1, -0.05) is 5.16 Å². The zero-order valence-corrected chi connectivity index (χ0v) is 10.5. The van der Waals surface area contributed by atoms with E-state index < -0.39 is 0 Å². The minimum Gasteiger partial charge on any atom is -0.494 e. The van der Waals surface area contributed by atoms with Gasteiger partial charge in [0.15, 0.2) is 5.84 Å². The highest BCUT2D eigenvalue weighted by atomic mass is 16.5. The maximum atomic E-state index is 12.0. The van der Waals surface area contributed by atoms with Crippen molar-refractivity contribution in [3.8, 4) is 5.75 Å². The smallest absolute Gasteiger partial charge is 0.254 e. The molecule has 0 aliphatic carbocycles. The summed E-state index contributed by atoms with van der Waals surface area (Å²) in [6, 6.07) is 6.81. The number of nitrogens with zero attached hydrogens (tertiary/aromatic N) is 2. The zero-order valence-electron chi connectivity index (χ0n) is 10.5. The number of benzene rings is 1. The Kier molecular flexibility index (Phi) is 4.98. The highest BCUT2D eigenvalue weighted by molar-refractivity contribution is 5.96. The van der Waals surface area contributed by atoms with E-state index in [1.54, 1.807) is 31.3 Å². The summed E-state index contributed by atoms with van der Waals surface area (Å²) in [6.07, 6.45) is 0. The lowest BCUT2D eigenvalue weighted by molar-refractivity contribution is 0.0813. The number of oxime groups is 1. The van der Waals surface area contributed by atoms with E-state index in [0.717, 1.165) is 0 Å². The van der Waals surface area contributed by atoms with Gasteiger partial charge in [-0.2, -0.15) is 0 Å². The number of nitrogens with two attached hydrogens (primary N) is 1. The minimum atomic E-state index is -0.204. The Hall–Kier alpha value is -2.24. The normalized spacial score (nSPS) is 11.1. The molecule has 0 aromatic heterocycles. The van der Waals surface area contributed by atoms with Crippen LogP contribution in [0.4, 0.5) is 0 Å². The van der Waals surface area contributed by atoms with Gasteiger partial charge in [-0.15, -0.1) is 0 Å². The Morgan fingerprint density at radius 2 is 2.06 bits per heavy atom. The van der Waals surface area contributed by atoms with E-state index in [1.165, 1.54) is 4.90 Å². The van der Waals surface area contributed by atoms with Gasteiger partial charge >= 0.3 is 0 Å². The van der Waals surface area contributed by atoms with E-state index in [4.69, 9.17) is 15.7 Å². The third-order valence-electron chi connectivity index (χ3n) is 2.29. The van der Waals surface area contributed by atoms with Gasteiger partial charge in [0.1, 0.15) is 5.75 Å². The van der Waals surface area contributed by atoms with Gasteiger partial charge in [0.2, 0.25) is 0 Å². The first-order chi connectivity index (χ1) is 8.58. The van der Waals surface area contributed by atoms with Gasteiger partial charge in [0, 0.05) is 12.6 Å². The molecule has 0 saturated carbocycles. The Morgan fingerprint density at radius 3 is 2.56 bits per heavy atom.